The fraction of sp³-hybridized carbons (Fsp3) is 0.533. The number of carbonyl (C=O) groups is 1. The molecule has 3 heterocycles. The molecule has 0 saturated carbocycles. The van der Waals surface area contributed by atoms with Crippen molar-refractivity contribution < 1.29 is 13.2 Å². The zero-order valence-electron chi connectivity index (χ0n) is 14.4. The molecule has 1 amide bonds. The van der Waals surface area contributed by atoms with Gasteiger partial charge in [-0.15, -0.1) is 11.3 Å². The molecule has 1 N–H and O–H groups in total. The van der Waals surface area contributed by atoms with Gasteiger partial charge < -0.3 is 5.32 Å². The van der Waals surface area contributed by atoms with Crippen LogP contribution in [0.15, 0.2) is 6.07 Å². The maximum atomic E-state index is 12.3. The first-order valence-corrected chi connectivity index (χ1v) is 10.7. The normalized spacial score (nSPS) is 15.2. The van der Waals surface area contributed by atoms with Crippen molar-refractivity contribution in [1.29, 1.82) is 0 Å². The average Bonchev–Trinajstić information content (AvgIpc) is 3.13. The van der Waals surface area contributed by atoms with Crippen LogP contribution in [0.2, 0.25) is 0 Å². The molecule has 136 valence electrons. The SMILES string of the molecule is CCc1nc(C)c(C(=O)NCc2cc3n(n2)CCN(S(C)(=O)=O)C3)s1. The van der Waals surface area contributed by atoms with Gasteiger partial charge in [-0.05, 0) is 19.4 Å². The Bertz CT molecular complexity index is 900. The quantitative estimate of drug-likeness (QED) is 0.828. The van der Waals surface area contributed by atoms with E-state index in [-0.39, 0.29) is 5.91 Å². The minimum Gasteiger partial charge on any atom is -0.346 e. The van der Waals surface area contributed by atoms with Crippen molar-refractivity contribution >= 4 is 27.3 Å². The zero-order valence-corrected chi connectivity index (χ0v) is 16.1. The summed E-state index contributed by atoms with van der Waals surface area (Å²) in [7, 11) is -3.21. The molecule has 0 radical (unpaired) electrons. The number of thiazole rings is 1. The Morgan fingerprint density at radius 3 is 2.80 bits per heavy atom. The lowest BCUT2D eigenvalue weighted by atomic mass is 10.3. The van der Waals surface area contributed by atoms with Crippen molar-refractivity contribution in [3.05, 3.63) is 33.0 Å². The molecule has 8 nitrogen and oxygen atoms in total. The number of rotatable bonds is 5. The highest BCUT2D eigenvalue weighted by atomic mass is 32.2. The first-order chi connectivity index (χ1) is 11.8. The molecule has 0 unspecified atom stereocenters. The van der Waals surface area contributed by atoms with E-state index >= 15 is 0 Å². The van der Waals surface area contributed by atoms with Gasteiger partial charge in [-0.1, -0.05) is 6.92 Å². The van der Waals surface area contributed by atoms with Gasteiger partial charge in [0.15, 0.2) is 0 Å². The van der Waals surface area contributed by atoms with Crippen molar-refractivity contribution in [3.8, 4) is 0 Å². The molecule has 0 saturated heterocycles. The van der Waals surface area contributed by atoms with Crippen LogP contribution < -0.4 is 5.32 Å². The van der Waals surface area contributed by atoms with Gasteiger partial charge in [0.2, 0.25) is 10.0 Å². The average molecular weight is 383 g/mol. The van der Waals surface area contributed by atoms with Gasteiger partial charge in [0.05, 0.1) is 48.0 Å². The lowest BCUT2D eigenvalue weighted by molar-refractivity contribution is 0.0953. The number of sulfonamides is 1. The van der Waals surface area contributed by atoms with Crippen LogP contribution in [0.5, 0.6) is 0 Å². The van der Waals surface area contributed by atoms with E-state index in [4.69, 9.17) is 0 Å². The Morgan fingerprint density at radius 1 is 1.40 bits per heavy atom. The first kappa shape index (κ1) is 18.0. The molecule has 0 atom stereocenters. The maximum Gasteiger partial charge on any atom is 0.263 e. The van der Waals surface area contributed by atoms with Gasteiger partial charge in [-0.25, -0.2) is 13.4 Å². The van der Waals surface area contributed by atoms with Crippen LogP contribution in [-0.4, -0.2) is 46.2 Å². The molecule has 0 bridgehead atoms. The van der Waals surface area contributed by atoms with Crippen LogP contribution in [0.3, 0.4) is 0 Å². The highest BCUT2D eigenvalue weighted by Crippen LogP contribution is 2.19. The van der Waals surface area contributed by atoms with E-state index in [1.54, 1.807) is 4.68 Å². The highest BCUT2D eigenvalue weighted by Gasteiger charge is 2.24. The van der Waals surface area contributed by atoms with E-state index in [9.17, 15) is 13.2 Å². The van der Waals surface area contributed by atoms with Gasteiger partial charge in [0.1, 0.15) is 4.88 Å². The summed E-state index contributed by atoms with van der Waals surface area (Å²) in [6.45, 7) is 5.39. The number of carbonyl (C=O) groups excluding carboxylic acids is 1. The first-order valence-electron chi connectivity index (χ1n) is 8.03. The standard InChI is InChI=1S/C15H21N5O3S2/c1-4-13-17-10(2)14(24-13)15(21)16-8-11-7-12-9-19(25(3,22)23)5-6-20(12)18-11/h7H,4-6,8-9H2,1-3H3,(H,16,21). The zero-order chi connectivity index (χ0) is 18.2. The predicted octanol–water partition coefficient (Wildman–Crippen LogP) is 0.916. The smallest absolute Gasteiger partial charge is 0.263 e. The maximum absolute atomic E-state index is 12.3. The number of aromatic nitrogens is 3. The van der Waals surface area contributed by atoms with Crippen molar-refractivity contribution in [3.63, 3.8) is 0 Å². The van der Waals surface area contributed by atoms with Gasteiger partial charge in [0, 0.05) is 6.54 Å². The summed E-state index contributed by atoms with van der Waals surface area (Å²) in [5.74, 6) is -0.154. The monoisotopic (exact) mass is 383 g/mol. The summed E-state index contributed by atoms with van der Waals surface area (Å²) >= 11 is 1.41. The summed E-state index contributed by atoms with van der Waals surface area (Å²) in [6, 6.07) is 1.84. The summed E-state index contributed by atoms with van der Waals surface area (Å²) in [5, 5.41) is 8.26. The molecule has 1 aliphatic heterocycles. The molecule has 0 aromatic carbocycles. The van der Waals surface area contributed by atoms with Crippen molar-refractivity contribution in [2.24, 2.45) is 0 Å². The van der Waals surface area contributed by atoms with Crippen LogP contribution in [0.25, 0.3) is 0 Å². The lowest BCUT2D eigenvalue weighted by Gasteiger charge is -2.25. The molecule has 0 fully saturated rings. The van der Waals surface area contributed by atoms with Crippen LogP contribution in [-0.2, 0) is 36.1 Å². The summed E-state index contributed by atoms with van der Waals surface area (Å²) in [4.78, 5) is 17.3. The molecular formula is C15H21N5O3S2. The Hall–Kier alpha value is -1.78. The van der Waals surface area contributed by atoms with E-state index < -0.39 is 10.0 Å². The van der Waals surface area contributed by atoms with Crippen molar-refractivity contribution in [2.75, 3.05) is 12.8 Å². The molecule has 0 aliphatic carbocycles. The summed E-state index contributed by atoms with van der Waals surface area (Å²) < 4.78 is 26.6. The van der Waals surface area contributed by atoms with Gasteiger partial charge >= 0.3 is 0 Å². The van der Waals surface area contributed by atoms with Crippen LogP contribution in [0.4, 0.5) is 0 Å². The predicted molar refractivity (Wildman–Crippen MR) is 94.9 cm³/mol. The molecule has 0 spiro atoms. The fourth-order valence-electron chi connectivity index (χ4n) is 2.74. The van der Waals surface area contributed by atoms with Gasteiger partial charge in [0.25, 0.3) is 5.91 Å². The highest BCUT2D eigenvalue weighted by molar-refractivity contribution is 7.88. The third-order valence-electron chi connectivity index (χ3n) is 4.06. The summed E-state index contributed by atoms with van der Waals surface area (Å²) in [5.41, 5.74) is 2.30. The van der Waals surface area contributed by atoms with E-state index in [1.807, 2.05) is 19.9 Å². The Balaban J connectivity index is 1.66. The van der Waals surface area contributed by atoms with Crippen LogP contribution in [0, 0.1) is 6.92 Å². The molecular weight excluding hydrogens is 362 g/mol. The minimum absolute atomic E-state index is 0.154. The second-order valence-corrected chi connectivity index (χ2v) is 9.07. The largest absolute Gasteiger partial charge is 0.346 e. The number of nitrogens with one attached hydrogen (secondary N) is 1. The number of amides is 1. The molecule has 3 rings (SSSR count). The van der Waals surface area contributed by atoms with Gasteiger partial charge in [-0.2, -0.15) is 9.40 Å². The van der Waals surface area contributed by atoms with E-state index in [2.05, 4.69) is 15.4 Å². The number of hydrogen-bond acceptors (Lipinski definition) is 6. The second-order valence-electron chi connectivity index (χ2n) is 6.01. The third kappa shape index (κ3) is 3.91. The van der Waals surface area contributed by atoms with E-state index in [1.165, 1.54) is 21.9 Å². The number of aryl methyl sites for hydroxylation is 2. The Morgan fingerprint density at radius 2 is 2.16 bits per heavy atom. The van der Waals surface area contributed by atoms with Crippen LogP contribution >= 0.6 is 11.3 Å². The Labute approximate surface area is 150 Å². The molecule has 1 aliphatic rings. The van der Waals surface area contributed by atoms with E-state index in [0.29, 0.717) is 31.1 Å². The lowest BCUT2D eigenvalue weighted by Crippen LogP contribution is -2.37. The van der Waals surface area contributed by atoms with E-state index in [0.717, 1.165) is 28.5 Å². The van der Waals surface area contributed by atoms with Gasteiger partial charge in [-0.3, -0.25) is 9.48 Å². The summed E-state index contributed by atoms with van der Waals surface area (Å²) in [6.07, 6.45) is 2.02. The number of hydrogen-bond donors (Lipinski definition) is 1. The molecule has 2 aromatic heterocycles. The number of fused-ring (bicyclic) bond motifs is 1. The third-order valence-corrected chi connectivity index (χ3v) is 6.61. The van der Waals surface area contributed by atoms with Crippen LogP contribution in [0.1, 0.15) is 38.7 Å². The number of nitrogens with zero attached hydrogens (tertiary/aromatic N) is 4. The topological polar surface area (TPSA) is 97.2 Å². The van der Waals surface area contributed by atoms with Crippen molar-refractivity contribution in [2.45, 2.75) is 39.9 Å². The minimum atomic E-state index is -3.21. The molecule has 2 aromatic rings. The Kier molecular flexibility index (Phi) is 4.94. The van der Waals surface area contributed by atoms with Crippen molar-refractivity contribution in [1.82, 2.24) is 24.4 Å². The second kappa shape index (κ2) is 6.85. The fourth-order valence-corrected chi connectivity index (χ4v) is 4.44. The molecule has 25 heavy (non-hydrogen) atoms. The molecule has 10 heteroatoms.